The van der Waals surface area contributed by atoms with Gasteiger partial charge < -0.3 is 0 Å². The summed E-state index contributed by atoms with van der Waals surface area (Å²) in [7, 11) is 0. The molecule has 1 atom stereocenters. The maximum Gasteiger partial charge on any atom is 0.142 e. The van der Waals surface area contributed by atoms with Gasteiger partial charge in [0.05, 0.1) is 0 Å². The van der Waals surface area contributed by atoms with Crippen LogP contribution in [0.4, 0.5) is 0 Å². The second-order valence-corrected chi connectivity index (χ2v) is 3.82. The van der Waals surface area contributed by atoms with E-state index in [0.717, 1.165) is 12.2 Å². The van der Waals surface area contributed by atoms with E-state index in [9.17, 15) is 4.79 Å². The van der Waals surface area contributed by atoms with Gasteiger partial charge in [-0.25, -0.2) is 0 Å². The van der Waals surface area contributed by atoms with Crippen molar-refractivity contribution in [3.63, 3.8) is 0 Å². The van der Waals surface area contributed by atoms with Crippen molar-refractivity contribution in [3.8, 4) is 0 Å². The molecule has 1 heteroatoms. The highest BCUT2D eigenvalue weighted by molar-refractivity contribution is 5.64. The largest absolute Gasteiger partial charge is 0.299 e. The number of carbonyl (C=O) groups excluding carboxylic acids is 1. The molecule has 0 aromatic heterocycles. The molecule has 0 saturated carbocycles. The van der Waals surface area contributed by atoms with Crippen molar-refractivity contribution in [2.45, 2.75) is 40.0 Å². The Bertz CT molecular complexity index is 136. The van der Waals surface area contributed by atoms with Gasteiger partial charge in [0, 0.05) is 0 Å². The molecule has 0 aromatic carbocycles. The lowest BCUT2D eigenvalue weighted by molar-refractivity contribution is -0.104. The Morgan fingerprint density at radius 3 is 2.33 bits per heavy atom. The van der Waals surface area contributed by atoms with Gasteiger partial charge in [0.1, 0.15) is 6.29 Å². The van der Waals surface area contributed by atoms with Crippen molar-refractivity contribution in [2.75, 3.05) is 0 Å². The average molecular weight is 168 g/mol. The number of aldehydes is 1. The van der Waals surface area contributed by atoms with Gasteiger partial charge in [-0.3, -0.25) is 4.79 Å². The number of hydrogen-bond acceptors (Lipinski definition) is 1. The topological polar surface area (TPSA) is 17.1 Å². The van der Waals surface area contributed by atoms with Crippen LogP contribution >= 0.6 is 0 Å². The summed E-state index contributed by atoms with van der Waals surface area (Å²) in [6.07, 6.45) is 8.18. The normalized spacial score (nSPS) is 14.0. The Morgan fingerprint density at radius 2 is 1.83 bits per heavy atom. The van der Waals surface area contributed by atoms with Gasteiger partial charge in [-0.05, 0) is 24.3 Å². The third kappa shape index (κ3) is 7.52. The van der Waals surface area contributed by atoms with Crippen molar-refractivity contribution >= 4 is 6.29 Å². The molecule has 1 unspecified atom stereocenters. The van der Waals surface area contributed by atoms with Gasteiger partial charge in [0.15, 0.2) is 0 Å². The first kappa shape index (κ1) is 11.4. The average Bonchev–Trinajstić information content (AvgIpc) is 2.00. The van der Waals surface area contributed by atoms with Crippen LogP contribution < -0.4 is 0 Å². The van der Waals surface area contributed by atoms with E-state index in [-0.39, 0.29) is 0 Å². The molecule has 0 aromatic rings. The zero-order valence-corrected chi connectivity index (χ0v) is 8.42. The van der Waals surface area contributed by atoms with E-state index in [0.29, 0.717) is 5.92 Å². The van der Waals surface area contributed by atoms with E-state index in [1.807, 2.05) is 6.08 Å². The van der Waals surface area contributed by atoms with Crippen LogP contribution in [0.3, 0.4) is 0 Å². The molecule has 0 aliphatic heterocycles. The molecule has 0 aliphatic rings. The summed E-state index contributed by atoms with van der Waals surface area (Å²) in [5, 5.41) is 0. The minimum atomic E-state index is 0.550. The number of rotatable bonds is 6. The Balaban J connectivity index is 3.37. The summed E-state index contributed by atoms with van der Waals surface area (Å²) < 4.78 is 0. The Morgan fingerprint density at radius 1 is 1.17 bits per heavy atom. The molecule has 0 bridgehead atoms. The van der Waals surface area contributed by atoms with Crippen molar-refractivity contribution in [2.24, 2.45) is 11.8 Å². The highest BCUT2D eigenvalue weighted by atomic mass is 16.1. The Kier molecular flexibility index (Phi) is 6.73. The quantitative estimate of drug-likeness (QED) is 0.439. The van der Waals surface area contributed by atoms with E-state index in [2.05, 4.69) is 20.8 Å². The summed E-state index contributed by atoms with van der Waals surface area (Å²) >= 11 is 0. The first-order chi connectivity index (χ1) is 5.66. The molecule has 70 valence electrons. The van der Waals surface area contributed by atoms with E-state index in [1.165, 1.54) is 19.3 Å². The van der Waals surface area contributed by atoms with Crippen LogP contribution in [-0.4, -0.2) is 6.29 Å². The van der Waals surface area contributed by atoms with Crippen molar-refractivity contribution < 1.29 is 4.79 Å². The molecule has 0 N–H and O–H groups in total. The summed E-state index contributed by atoms with van der Waals surface area (Å²) in [5.74, 6) is 1.35. The van der Waals surface area contributed by atoms with Crippen molar-refractivity contribution in [1.82, 2.24) is 0 Å². The van der Waals surface area contributed by atoms with Crippen LogP contribution in [0.5, 0.6) is 0 Å². The van der Waals surface area contributed by atoms with Gasteiger partial charge in [-0.1, -0.05) is 39.7 Å². The molecule has 0 saturated heterocycles. The monoisotopic (exact) mass is 168 g/mol. The molecule has 0 radical (unpaired) electrons. The van der Waals surface area contributed by atoms with Gasteiger partial charge >= 0.3 is 0 Å². The van der Waals surface area contributed by atoms with Gasteiger partial charge in [-0.15, -0.1) is 0 Å². The predicted octanol–water partition coefficient (Wildman–Crippen LogP) is 3.20. The molecular weight excluding hydrogens is 148 g/mol. The van der Waals surface area contributed by atoms with Gasteiger partial charge in [0.25, 0.3) is 0 Å². The second-order valence-electron chi connectivity index (χ2n) is 3.82. The van der Waals surface area contributed by atoms with Crippen LogP contribution in [0, 0.1) is 11.8 Å². The minimum absolute atomic E-state index is 0.550. The second kappa shape index (κ2) is 7.08. The maximum atomic E-state index is 10.0. The fourth-order valence-corrected chi connectivity index (χ4v) is 1.18. The maximum absolute atomic E-state index is 10.0. The first-order valence-electron chi connectivity index (χ1n) is 4.78. The molecule has 0 heterocycles. The fraction of sp³-hybridized carbons (Fsp3) is 0.727. The van der Waals surface area contributed by atoms with E-state index >= 15 is 0 Å². The van der Waals surface area contributed by atoms with E-state index < -0.39 is 0 Å². The minimum Gasteiger partial charge on any atom is -0.299 e. The third-order valence-corrected chi connectivity index (χ3v) is 1.96. The highest BCUT2D eigenvalue weighted by Gasteiger charge is 1.98. The predicted molar refractivity (Wildman–Crippen MR) is 53.1 cm³/mol. The lowest BCUT2D eigenvalue weighted by Crippen LogP contribution is -1.93. The SMILES string of the molecule is CC(C)CCCC(C)/C=C/C=O. The van der Waals surface area contributed by atoms with Crippen LogP contribution in [0.2, 0.25) is 0 Å². The summed E-state index contributed by atoms with van der Waals surface area (Å²) in [6.45, 7) is 6.64. The molecule has 12 heavy (non-hydrogen) atoms. The zero-order valence-electron chi connectivity index (χ0n) is 8.42. The lowest BCUT2D eigenvalue weighted by Gasteiger charge is -2.06. The molecule has 0 amide bonds. The molecule has 0 rings (SSSR count). The summed E-state index contributed by atoms with van der Waals surface area (Å²) in [4.78, 5) is 10.0. The number of carbonyl (C=O) groups is 1. The van der Waals surface area contributed by atoms with Crippen LogP contribution in [-0.2, 0) is 4.79 Å². The summed E-state index contributed by atoms with van der Waals surface area (Å²) in [5.41, 5.74) is 0. The molecule has 1 nitrogen and oxygen atoms in total. The highest BCUT2D eigenvalue weighted by Crippen LogP contribution is 2.12. The summed E-state index contributed by atoms with van der Waals surface area (Å²) in [6, 6.07) is 0. The fourth-order valence-electron chi connectivity index (χ4n) is 1.18. The van der Waals surface area contributed by atoms with E-state index in [4.69, 9.17) is 0 Å². The lowest BCUT2D eigenvalue weighted by atomic mass is 9.99. The van der Waals surface area contributed by atoms with Gasteiger partial charge in [-0.2, -0.15) is 0 Å². The first-order valence-corrected chi connectivity index (χ1v) is 4.78. The molecule has 0 fully saturated rings. The van der Waals surface area contributed by atoms with Crippen molar-refractivity contribution in [1.29, 1.82) is 0 Å². The Labute approximate surface area is 75.9 Å². The zero-order chi connectivity index (χ0) is 9.40. The number of allylic oxidation sites excluding steroid dienone is 2. The van der Waals surface area contributed by atoms with E-state index in [1.54, 1.807) is 6.08 Å². The van der Waals surface area contributed by atoms with Crippen LogP contribution in [0.25, 0.3) is 0 Å². The number of hydrogen-bond donors (Lipinski definition) is 0. The van der Waals surface area contributed by atoms with Gasteiger partial charge in [0.2, 0.25) is 0 Å². The Hall–Kier alpha value is -0.590. The van der Waals surface area contributed by atoms with Crippen molar-refractivity contribution in [3.05, 3.63) is 12.2 Å². The molecule has 0 spiro atoms. The standard InChI is InChI=1S/C11H20O/c1-10(2)6-4-7-11(3)8-5-9-12/h5,8-11H,4,6-7H2,1-3H3/b8-5+. The van der Waals surface area contributed by atoms with Crippen LogP contribution in [0.15, 0.2) is 12.2 Å². The third-order valence-electron chi connectivity index (χ3n) is 1.96. The smallest absolute Gasteiger partial charge is 0.142 e. The molecule has 0 aliphatic carbocycles. The molecular formula is C11H20O. The van der Waals surface area contributed by atoms with Crippen LogP contribution in [0.1, 0.15) is 40.0 Å².